The summed E-state index contributed by atoms with van der Waals surface area (Å²) in [5.41, 5.74) is 9.71. The second-order valence-corrected chi connectivity index (χ2v) is 22.9. The highest BCUT2D eigenvalue weighted by atomic mass is 31.2. The Morgan fingerprint density at radius 3 is 1.50 bits per heavy atom. The normalized spacial score (nSPS) is 14.2. The first-order chi connectivity index (χ1) is 26.7. The third-order valence-corrected chi connectivity index (χ3v) is 12.2. The summed E-state index contributed by atoms with van der Waals surface area (Å²) < 4.78 is 26.0. The van der Waals surface area contributed by atoms with Gasteiger partial charge in [0.1, 0.15) is 17.2 Å². The Morgan fingerprint density at radius 2 is 1.05 bits per heavy atom. The zero-order valence-electron chi connectivity index (χ0n) is 39.2. The van der Waals surface area contributed by atoms with Crippen molar-refractivity contribution < 1.29 is 28.2 Å². The Bertz CT molecular complexity index is 1790. The van der Waals surface area contributed by atoms with Crippen LogP contribution in [-0.4, -0.2) is 24.3 Å². The molecule has 322 valence electrons. The van der Waals surface area contributed by atoms with Gasteiger partial charge in [0.15, 0.2) is 0 Å². The van der Waals surface area contributed by atoms with Crippen molar-refractivity contribution in [1.29, 1.82) is 0 Å². The van der Waals surface area contributed by atoms with E-state index in [4.69, 9.17) is 18.3 Å². The van der Waals surface area contributed by atoms with Crippen molar-refractivity contribution in [3.63, 3.8) is 0 Å². The van der Waals surface area contributed by atoms with Gasteiger partial charge in [0.25, 0.3) is 0 Å². The van der Waals surface area contributed by atoms with E-state index in [1.165, 1.54) is 33.4 Å². The van der Waals surface area contributed by atoms with Gasteiger partial charge in [-0.15, -0.1) is 0 Å². The summed E-state index contributed by atoms with van der Waals surface area (Å²) in [6, 6.07) is 13.4. The Hall–Kier alpha value is -3.08. The molecule has 0 bridgehead atoms. The van der Waals surface area contributed by atoms with Crippen LogP contribution in [0.4, 0.5) is 0 Å². The van der Waals surface area contributed by atoms with E-state index in [0.29, 0.717) is 31.8 Å². The Balaban J connectivity index is 1.36. The summed E-state index contributed by atoms with van der Waals surface area (Å²) in [6.07, 6.45) is 7.68. The number of unbranched alkanes of at least 4 members (excludes halogenated alkanes) is 5. The third kappa shape index (κ3) is 13.0. The fourth-order valence-electron chi connectivity index (χ4n) is 7.39. The van der Waals surface area contributed by atoms with Crippen molar-refractivity contribution in [2.45, 2.75) is 196 Å². The van der Waals surface area contributed by atoms with E-state index in [2.05, 4.69) is 128 Å². The van der Waals surface area contributed by atoms with Gasteiger partial charge in [0, 0.05) is 24.0 Å². The van der Waals surface area contributed by atoms with Gasteiger partial charge in [-0.3, -0.25) is 9.32 Å². The van der Waals surface area contributed by atoms with Crippen molar-refractivity contribution in [2.75, 3.05) is 13.2 Å². The number of ether oxygens (including phenoxy) is 1. The molecule has 1 heterocycles. The van der Waals surface area contributed by atoms with Crippen molar-refractivity contribution >= 4 is 14.6 Å². The summed E-state index contributed by atoms with van der Waals surface area (Å²) >= 11 is 0. The molecule has 0 spiro atoms. The van der Waals surface area contributed by atoms with Crippen LogP contribution in [0.15, 0.2) is 36.4 Å². The molecule has 3 aromatic rings. The Labute approximate surface area is 354 Å². The second kappa shape index (κ2) is 18.7. The first-order valence-corrected chi connectivity index (χ1v) is 22.9. The van der Waals surface area contributed by atoms with Crippen LogP contribution in [0.2, 0.25) is 0 Å². The van der Waals surface area contributed by atoms with E-state index in [-0.39, 0.29) is 33.0 Å². The average molecular weight is 817 g/mol. The molecule has 0 amide bonds. The number of carbonyl (C=O) groups is 1. The van der Waals surface area contributed by atoms with Crippen LogP contribution in [0.1, 0.15) is 199 Å². The molecule has 3 aromatic carbocycles. The molecule has 58 heavy (non-hydrogen) atoms. The minimum Gasteiger partial charge on any atom is -0.507 e. The van der Waals surface area contributed by atoms with Gasteiger partial charge in [-0.25, -0.2) is 0 Å². The number of phenols is 1. The molecule has 1 aliphatic rings. The number of esters is 1. The molecule has 0 radical (unpaired) electrons. The van der Waals surface area contributed by atoms with Crippen LogP contribution in [0.25, 0.3) is 0 Å². The Kier molecular flexibility index (Phi) is 15.3. The van der Waals surface area contributed by atoms with E-state index in [0.717, 1.165) is 73.1 Å². The number of hydrogen-bond donors (Lipinski definition) is 1. The molecule has 0 aliphatic carbocycles. The molecule has 0 saturated carbocycles. The van der Waals surface area contributed by atoms with E-state index in [1.54, 1.807) is 0 Å². The van der Waals surface area contributed by atoms with Gasteiger partial charge in [-0.2, -0.15) is 0 Å². The fraction of sp³-hybridized carbons (Fsp3) is 0.627. The van der Waals surface area contributed by atoms with E-state index in [9.17, 15) is 9.90 Å². The number of benzene rings is 3. The summed E-state index contributed by atoms with van der Waals surface area (Å²) in [4.78, 5) is 12.5. The number of carbonyl (C=O) groups excluding carboxylic acids is 1. The standard InChI is InChI=1S/C51H77O6P/c1-34-27-35(28-40(44(34)53)49(8,9)10)23-24-43(52)54-25-21-19-17-18-20-22-26-55-58-56-45-36(30-38(47(2,3)4)32-41(45)50(11,12)13)29-37-31-39(48(5,6)7)33-42(46(37)57-58)51(14,15)16/h27-28,30-33,53H,17-26,29H2,1-16H3. The largest absolute Gasteiger partial charge is 0.507 e. The predicted molar refractivity (Wildman–Crippen MR) is 243 cm³/mol. The van der Waals surface area contributed by atoms with Crippen LogP contribution in [-0.2, 0) is 54.0 Å². The summed E-state index contributed by atoms with van der Waals surface area (Å²) in [6.45, 7) is 36.5. The van der Waals surface area contributed by atoms with Crippen LogP contribution in [0, 0.1) is 6.92 Å². The monoisotopic (exact) mass is 817 g/mol. The highest BCUT2D eigenvalue weighted by Crippen LogP contribution is 2.53. The van der Waals surface area contributed by atoms with Crippen molar-refractivity contribution in [3.05, 3.63) is 86.5 Å². The van der Waals surface area contributed by atoms with E-state index < -0.39 is 8.60 Å². The number of aromatic hydroxyl groups is 1. The van der Waals surface area contributed by atoms with E-state index in [1.807, 2.05) is 19.1 Å². The molecule has 7 heteroatoms. The van der Waals surface area contributed by atoms with Gasteiger partial charge in [0.2, 0.25) is 0 Å². The van der Waals surface area contributed by atoms with Gasteiger partial charge in [0.05, 0.1) is 13.2 Å². The molecule has 0 unspecified atom stereocenters. The van der Waals surface area contributed by atoms with Gasteiger partial charge in [-0.05, 0) is 92.2 Å². The van der Waals surface area contributed by atoms with Crippen LogP contribution in [0.5, 0.6) is 17.2 Å². The maximum atomic E-state index is 12.5. The minimum atomic E-state index is -1.72. The quantitative estimate of drug-likeness (QED) is 0.105. The van der Waals surface area contributed by atoms with Crippen molar-refractivity contribution in [3.8, 4) is 17.2 Å². The average Bonchev–Trinajstić information content (AvgIpc) is 3.07. The number of phenolic OH excluding ortho intramolecular Hbond substituents is 1. The zero-order valence-corrected chi connectivity index (χ0v) is 40.1. The first-order valence-electron chi connectivity index (χ1n) is 21.8. The molecule has 1 aliphatic heterocycles. The summed E-state index contributed by atoms with van der Waals surface area (Å²) in [5.74, 6) is 1.99. The molecule has 4 rings (SSSR count). The number of fused-ring (bicyclic) bond motifs is 2. The maximum absolute atomic E-state index is 12.5. The van der Waals surface area contributed by atoms with Gasteiger partial charge >= 0.3 is 14.6 Å². The highest BCUT2D eigenvalue weighted by molar-refractivity contribution is 7.42. The van der Waals surface area contributed by atoms with Gasteiger partial charge < -0.3 is 18.9 Å². The molecular formula is C51H77O6P. The van der Waals surface area contributed by atoms with Crippen molar-refractivity contribution in [1.82, 2.24) is 0 Å². The van der Waals surface area contributed by atoms with E-state index >= 15 is 0 Å². The highest BCUT2D eigenvalue weighted by Gasteiger charge is 2.35. The van der Waals surface area contributed by atoms with Crippen LogP contribution >= 0.6 is 8.60 Å². The second-order valence-electron chi connectivity index (χ2n) is 21.8. The lowest BCUT2D eigenvalue weighted by atomic mass is 9.76. The lowest BCUT2D eigenvalue weighted by molar-refractivity contribution is -0.143. The smallest absolute Gasteiger partial charge is 0.463 e. The lowest BCUT2D eigenvalue weighted by Gasteiger charge is -2.34. The number of aryl methyl sites for hydroxylation is 2. The lowest BCUT2D eigenvalue weighted by Crippen LogP contribution is -2.22. The molecule has 6 nitrogen and oxygen atoms in total. The first kappa shape index (κ1) is 47.6. The molecule has 0 aromatic heterocycles. The predicted octanol–water partition coefficient (Wildman–Crippen LogP) is 14.3. The fourth-order valence-corrected chi connectivity index (χ4v) is 8.54. The topological polar surface area (TPSA) is 74.2 Å². The maximum Gasteiger partial charge on any atom is 0.463 e. The molecule has 0 saturated heterocycles. The minimum absolute atomic E-state index is 0.0159. The summed E-state index contributed by atoms with van der Waals surface area (Å²) in [5, 5.41) is 10.5. The molecule has 0 atom stereocenters. The molecule has 0 fully saturated rings. The molecule has 1 N–H and O–H groups in total. The zero-order chi connectivity index (χ0) is 43.4. The van der Waals surface area contributed by atoms with Crippen LogP contribution < -0.4 is 9.05 Å². The Morgan fingerprint density at radius 1 is 0.603 bits per heavy atom. The van der Waals surface area contributed by atoms with Crippen LogP contribution in [0.3, 0.4) is 0 Å². The third-order valence-electron chi connectivity index (χ3n) is 11.2. The SMILES string of the molecule is Cc1cc(CCC(=O)OCCCCCCCCOP2Oc3c(cc(C(C)(C)C)cc3C(C)(C)C)Cc3cc(C(C)(C)C)cc(C(C)(C)C)c3O2)cc(C(C)(C)C)c1O. The molecular weight excluding hydrogens is 740 g/mol. The van der Waals surface area contributed by atoms with Crippen molar-refractivity contribution in [2.24, 2.45) is 0 Å². The summed E-state index contributed by atoms with van der Waals surface area (Å²) in [7, 11) is -1.72. The number of hydrogen-bond acceptors (Lipinski definition) is 6. The number of rotatable bonds is 13. The van der Waals surface area contributed by atoms with Gasteiger partial charge in [-0.1, -0.05) is 166 Å².